The fraction of sp³-hybridized carbons (Fsp3) is 1.00. The topological polar surface area (TPSA) is 21.7 Å². The van der Waals surface area contributed by atoms with Gasteiger partial charge in [0.25, 0.3) is 0 Å². The van der Waals surface area contributed by atoms with Gasteiger partial charge in [-0.3, -0.25) is 4.90 Å². The number of rotatable bonds is 3. The minimum Gasteiger partial charge on any atom is -0.379 e. The van der Waals surface area contributed by atoms with Crippen LogP contribution < -0.4 is 0 Å². The molecule has 0 aromatic carbocycles. The van der Waals surface area contributed by atoms with E-state index < -0.39 is 0 Å². The van der Waals surface area contributed by atoms with E-state index in [2.05, 4.69) is 11.8 Å². The molecule has 15 heavy (non-hydrogen) atoms. The van der Waals surface area contributed by atoms with E-state index in [1.807, 2.05) is 0 Å². The lowest BCUT2D eigenvalue weighted by molar-refractivity contribution is -0.0624. The van der Waals surface area contributed by atoms with Gasteiger partial charge in [0.05, 0.1) is 19.3 Å². The number of morpholine rings is 1. The molecule has 1 saturated heterocycles. The molecule has 0 amide bonds. The molecule has 1 aliphatic heterocycles. The van der Waals surface area contributed by atoms with Crippen LogP contribution in [0.5, 0.6) is 0 Å². The fourth-order valence-electron chi connectivity index (χ4n) is 2.81. The molecule has 1 aliphatic carbocycles. The van der Waals surface area contributed by atoms with Crippen molar-refractivity contribution in [1.29, 1.82) is 0 Å². The third-order valence-corrected chi connectivity index (χ3v) is 3.56. The molecule has 0 aromatic rings. The molecule has 2 rings (SSSR count). The highest BCUT2D eigenvalue weighted by Crippen LogP contribution is 2.26. The summed E-state index contributed by atoms with van der Waals surface area (Å²) in [6.07, 6.45) is 5.74. The van der Waals surface area contributed by atoms with Crippen molar-refractivity contribution in [2.45, 2.75) is 44.8 Å². The normalized spacial score (nSPS) is 34.2. The Morgan fingerprint density at radius 3 is 2.67 bits per heavy atom. The summed E-state index contributed by atoms with van der Waals surface area (Å²) in [7, 11) is 0. The molecule has 0 aromatic heterocycles. The summed E-state index contributed by atoms with van der Waals surface area (Å²) in [5.41, 5.74) is 0. The average molecular weight is 213 g/mol. The quantitative estimate of drug-likeness (QED) is 0.712. The summed E-state index contributed by atoms with van der Waals surface area (Å²) >= 11 is 0. The zero-order valence-electron chi connectivity index (χ0n) is 9.78. The van der Waals surface area contributed by atoms with Crippen molar-refractivity contribution in [3.05, 3.63) is 0 Å². The monoisotopic (exact) mass is 213 g/mol. The summed E-state index contributed by atoms with van der Waals surface area (Å²) < 4.78 is 11.3. The third-order valence-electron chi connectivity index (χ3n) is 3.56. The van der Waals surface area contributed by atoms with Gasteiger partial charge in [-0.25, -0.2) is 0 Å². The van der Waals surface area contributed by atoms with Crippen LogP contribution in [-0.4, -0.2) is 50.0 Å². The predicted molar refractivity (Wildman–Crippen MR) is 60.1 cm³/mol. The van der Waals surface area contributed by atoms with Gasteiger partial charge < -0.3 is 9.47 Å². The Balaban J connectivity index is 1.90. The lowest BCUT2D eigenvalue weighted by Crippen LogP contribution is -2.51. The molecule has 1 saturated carbocycles. The molecule has 2 atom stereocenters. The molecular formula is C12H23NO2. The van der Waals surface area contributed by atoms with Crippen molar-refractivity contribution in [2.24, 2.45) is 0 Å². The maximum Gasteiger partial charge on any atom is 0.0730 e. The van der Waals surface area contributed by atoms with Crippen LogP contribution in [-0.2, 0) is 9.47 Å². The van der Waals surface area contributed by atoms with E-state index >= 15 is 0 Å². The van der Waals surface area contributed by atoms with Crippen molar-refractivity contribution >= 4 is 0 Å². The molecule has 3 heteroatoms. The smallest absolute Gasteiger partial charge is 0.0730 e. The van der Waals surface area contributed by atoms with Gasteiger partial charge in [0.2, 0.25) is 0 Å². The lowest BCUT2D eigenvalue weighted by atomic mass is 9.91. The van der Waals surface area contributed by atoms with Gasteiger partial charge in [-0.05, 0) is 19.8 Å². The molecular weight excluding hydrogens is 190 g/mol. The Bertz CT molecular complexity index is 168. The van der Waals surface area contributed by atoms with E-state index in [0.29, 0.717) is 12.1 Å². The summed E-state index contributed by atoms with van der Waals surface area (Å²) in [6, 6.07) is 0.655. The Morgan fingerprint density at radius 1 is 1.20 bits per heavy atom. The molecule has 0 N–H and O–H groups in total. The molecule has 88 valence electrons. The highest BCUT2D eigenvalue weighted by atomic mass is 16.5. The molecule has 0 bridgehead atoms. The van der Waals surface area contributed by atoms with E-state index in [-0.39, 0.29) is 0 Å². The van der Waals surface area contributed by atoms with Gasteiger partial charge in [-0.1, -0.05) is 12.8 Å². The Morgan fingerprint density at radius 2 is 1.93 bits per heavy atom. The SMILES string of the molecule is CCO[C@@H]1CCCC[C@@H]1N1CCOCC1. The number of ether oxygens (including phenoxy) is 2. The molecule has 1 heterocycles. The van der Waals surface area contributed by atoms with Crippen LogP contribution in [0.2, 0.25) is 0 Å². The van der Waals surface area contributed by atoms with Crippen molar-refractivity contribution in [1.82, 2.24) is 4.90 Å². The van der Waals surface area contributed by atoms with Crippen LogP contribution >= 0.6 is 0 Å². The molecule has 2 aliphatic rings. The molecule has 2 fully saturated rings. The van der Waals surface area contributed by atoms with E-state index in [1.165, 1.54) is 25.7 Å². The van der Waals surface area contributed by atoms with Gasteiger partial charge in [0.15, 0.2) is 0 Å². The molecule has 0 unspecified atom stereocenters. The fourth-order valence-corrected chi connectivity index (χ4v) is 2.81. The first-order chi connectivity index (χ1) is 7.42. The first-order valence-corrected chi connectivity index (χ1v) is 6.35. The predicted octanol–water partition coefficient (Wildman–Crippen LogP) is 1.67. The van der Waals surface area contributed by atoms with E-state index in [9.17, 15) is 0 Å². The number of hydrogen-bond donors (Lipinski definition) is 0. The third kappa shape index (κ3) is 2.92. The standard InChI is InChI=1S/C12H23NO2/c1-2-15-12-6-4-3-5-11(12)13-7-9-14-10-8-13/h11-12H,2-10H2,1H3/t11-,12+/m0/s1. The van der Waals surface area contributed by atoms with Gasteiger partial charge >= 0.3 is 0 Å². The zero-order chi connectivity index (χ0) is 10.5. The Hall–Kier alpha value is -0.120. The summed E-state index contributed by atoms with van der Waals surface area (Å²) in [5, 5.41) is 0. The van der Waals surface area contributed by atoms with Crippen molar-refractivity contribution in [3.63, 3.8) is 0 Å². The first-order valence-electron chi connectivity index (χ1n) is 6.35. The van der Waals surface area contributed by atoms with Crippen LogP contribution in [0.4, 0.5) is 0 Å². The van der Waals surface area contributed by atoms with E-state index in [4.69, 9.17) is 9.47 Å². The second-order valence-corrected chi connectivity index (χ2v) is 4.49. The summed E-state index contributed by atoms with van der Waals surface area (Å²) in [4.78, 5) is 2.57. The number of hydrogen-bond acceptors (Lipinski definition) is 3. The highest BCUT2D eigenvalue weighted by molar-refractivity contribution is 4.85. The Kier molecular flexibility index (Phi) is 4.42. The molecule has 3 nitrogen and oxygen atoms in total. The van der Waals surface area contributed by atoms with E-state index in [0.717, 1.165) is 32.9 Å². The maximum atomic E-state index is 5.87. The lowest BCUT2D eigenvalue weighted by Gasteiger charge is -2.41. The molecule has 0 spiro atoms. The van der Waals surface area contributed by atoms with Crippen molar-refractivity contribution in [2.75, 3.05) is 32.9 Å². The van der Waals surface area contributed by atoms with E-state index in [1.54, 1.807) is 0 Å². The van der Waals surface area contributed by atoms with Gasteiger partial charge in [-0.15, -0.1) is 0 Å². The van der Waals surface area contributed by atoms with Crippen molar-refractivity contribution in [3.8, 4) is 0 Å². The van der Waals surface area contributed by atoms with Gasteiger partial charge in [0, 0.05) is 25.7 Å². The minimum absolute atomic E-state index is 0.474. The molecule has 0 radical (unpaired) electrons. The second-order valence-electron chi connectivity index (χ2n) is 4.49. The van der Waals surface area contributed by atoms with Crippen LogP contribution in [0.15, 0.2) is 0 Å². The first kappa shape index (κ1) is 11.4. The largest absolute Gasteiger partial charge is 0.379 e. The van der Waals surface area contributed by atoms with Gasteiger partial charge in [-0.2, -0.15) is 0 Å². The maximum absolute atomic E-state index is 5.87. The van der Waals surface area contributed by atoms with Gasteiger partial charge in [0.1, 0.15) is 0 Å². The Labute approximate surface area is 92.7 Å². The van der Waals surface area contributed by atoms with Crippen LogP contribution in [0.1, 0.15) is 32.6 Å². The highest BCUT2D eigenvalue weighted by Gasteiger charge is 2.31. The zero-order valence-corrected chi connectivity index (χ0v) is 9.78. The number of nitrogens with zero attached hydrogens (tertiary/aromatic N) is 1. The summed E-state index contributed by atoms with van der Waals surface area (Å²) in [6.45, 7) is 6.93. The average Bonchev–Trinajstić information content (AvgIpc) is 2.31. The van der Waals surface area contributed by atoms with Crippen LogP contribution in [0.3, 0.4) is 0 Å². The summed E-state index contributed by atoms with van der Waals surface area (Å²) in [5.74, 6) is 0. The minimum atomic E-state index is 0.474. The second kappa shape index (κ2) is 5.83. The van der Waals surface area contributed by atoms with Crippen LogP contribution in [0.25, 0.3) is 0 Å². The van der Waals surface area contributed by atoms with Crippen LogP contribution in [0, 0.1) is 0 Å². The van der Waals surface area contributed by atoms with Crippen molar-refractivity contribution < 1.29 is 9.47 Å².